The molecule has 0 atom stereocenters. The minimum atomic E-state index is -0.430. The number of aryl methyl sites for hydroxylation is 1. The molecule has 0 spiro atoms. The molecular formula is C25H21Cl2NO3. The molecule has 0 unspecified atom stereocenters. The maximum absolute atomic E-state index is 12.5. The van der Waals surface area contributed by atoms with Crippen molar-refractivity contribution < 1.29 is 14.1 Å². The van der Waals surface area contributed by atoms with E-state index in [0.29, 0.717) is 38.5 Å². The van der Waals surface area contributed by atoms with Gasteiger partial charge in [0.1, 0.15) is 5.69 Å². The molecule has 4 nitrogen and oxygen atoms in total. The molecule has 0 bridgehead atoms. The largest absolute Gasteiger partial charge is 0.454 e. The molecule has 1 saturated carbocycles. The summed E-state index contributed by atoms with van der Waals surface area (Å²) in [5.41, 5.74) is 3.62. The molecule has 0 amide bonds. The predicted octanol–water partition coefficient (Wildman–Crippen LogP) is 6.86. The summed E-state index contributed by atoms with van der Waals surface area (Å²) in [5, 5.41) is 5.00. The van der Waals surface area contributed by atoms with Gasteiger partial charge in [0.25, 0.3) is 0 Å². The van der Waals surface area contributed by atoms with Gasteiger partial charge >= 0.3 is 5.97 Å². The van der Waals surface area contributed by atoms with E-state index in [9.17, 15) is 4.79 Å². The number of hydrogen-bond acceptors (Lipinski definition) is 4. The van der Waals surface area contributed by atoms with Crippen molar-refractivity contribution in [1.82, 2.24) is 5.16 Å². The highest BCUT2D eigenvalue weighted by Crippen LogP contribution is 2.30. The fourth-order valence-corrected chi connectivity index (χ4v) is 4.11. The molecule has 4 rings (SSSR count). The first-order valence-corrected chi connectivity index (χ1v) is 11.0. The Morgan fingerprint density at radius 2 is 1.97 bits per heavy atom. The summed E-state index contributed by atoms with van der Waals surface area (Å²) in [6.07, 6.45) is 4.90. The second-order valence-electron chi connectivity index (χ2n) is 7.66. The van der Waals surface area contributed by atoms with Crippen LogP contribution in [-0.2, 0) is 11.3 Å². The smallest absolute Gasteiger partial charge is 0.338 e. The summed E-state index contributed by atoms with van der Waals surface area (Å²) < 4.78 is 10.7. The van der Waals surface area contributed by atoms with Crippen LogP contribution in [0.2, 0.25) is 10.0 Å². The topological polar surface area (TPSA) is 52.3 Å². The molecule has 1 aromatic heterocycles. The summed E-state index contributed by atoms with van der Waals surface area (Å²) in [4.78, 5) is 12.5. The molecule has 0 N–H and O–H groups in total. The Bertz CT molecular complexity index is 1170. The first kappa shape index (κ1) is 21.5. The number of benzene rings is 2. The Labute approximate surface area is 191 Å². The van der Waals surface area contributed by atoms with E-state index in [4.69, 9.17) is 32.5 Å². The van der Waals surface area contributed by atoms with Gasteiger partial charge in [0.2, 0.25) is 0 Å². The number of rotatable bonds is 4. The van der Waals surface area contributed by atoms with Crippen molar-refractivity contribution in [2.45, 2.75) is 39.2 Å². The average Bonchev–Trinajstić information content (AvgIpc) is 3.43. The summed E-state index contributed by atoms with van der Waals surface area (Å²) in [6, 6.07) is 12.2. The molecule has 2 aromatic carbocycles. The Hall–Kier alpha value is -2.74. The van der Waals surface area contributed by atoms with E-state index in [1.165, 1.54) is 25.7 Å². The zero-order valence-corrected chi connectivity index (χ0v) is 18.6. The van der Waals surface area contributed by atoms with E-state index in [1.54, 1.807) is 36.4 Å². The molecule has 1 fully saturated rings. The number of ether oxygens (including phenoxy) is 1. The highest BCUT2D eigenvalue weighted by molar-refractivity contribution is 6.36. The average molecular weight is 454 g/mol. The number of carbonyl (C=O) groups excluding carboxylic acids is 1. The van der Waals surface area contributed by atoms with Gasteiger partial charge < -0.3 is 9.26 Å². The number of nitrogens with zero attached hydrogens (tertiary/aromatic N) is 1. The van der Waals surface area contributed by atoms with Crippen LogP contribution in [-0.4, -0.2) is 11.1 Å². The molecule has 1 heterocycles. The highest BCUT2D eigenvalue weighted by Gasteiger charge is 2.14. The summed E-state index contributed by atoms with van der Waals surface area (Å²) in [6.45, 7) is 1.92. The fraction of sp³-hybridized carbons (Fsp3) is 0.280. The van der Waals surface area contributed by atoms with Gasteiger partial charge in [0.05, 0.1) is 10.6 Å². The molecule has 158 valence electrons. The standard InChI is InChI=1S/C25H21Cl2NO3/c1-16-12-19(9-8-18(16)7-6-17-4-2-3-5-17)25(29)30-15-21-14-24(28-31-21)22-11-10-20(26)13-23(22)27/h8-14,17H,2-5,15H2,1H3. The van der Waals surface area contributed by atoms with E-state index in [0.717, 1.165) is 11.1 Å². The van der Waals surface area contributed by atoms with Crippen molar-refractivity contribution in [2.75, 3.05) is 0 Å². The fourth-order valence-electron chi connectivity index (χ4n) is 3.61. The summed E-state index contributed by atoms with van der Waals surface area (Å²) >= 11 is 12.1. The maximum atomic E-state index is 12.5. The SMILES string of the molecule is Cc1cc(C(=O)OCc2cc(-c3ccc(Cl)cc3Cl)no2)ccc1C#CC1CCCC1. The molecule has 0 aliphatic heterocycles. The maximum Gasteiger partial charge on any atom is 0.338 e. The van der Waals surface area contributed by atoms with Crippen molar-refractivity contribution in [3.63, 3.8) is 0 Å². The van der Waals surface area contributed by atoms with Crippen LogP contribution in [0.15, 0.2) is 47.0 Å². The Morgan fingerprint density at radius 1 is 1.16 bits per heavy atom. The van der Waals surface area contributed by atoms with E-state index in [-0.39, 0.29) is 6.61 Å². The van der Waals surface area contributed by atoms with Gasteiger partial charge in [0.15, 0.2) is 12.4 Å². The number of esters is 1. The summed E-state index contributed by atoms with van der Waals surface area (Å²) in [7, 11) is 0. The molecule has 0 radical (unpaired) electrons. The molecule has 1 aliphatic rings. The lowest BCUT2D eigenvalue weighted by Crippen LogP contribution is -2.05. The zero-order chi connectivity index (χ0) is 21.8. The monoisotopic (exact) mass is 453 g/mol. The minimum absolute atomic E-state index is 0.0284. The van der Waals surface area contributed by atoms with Crippen LogP contribution < -0.4 is 0 Å². The number of carbonyl (C=O) groups is 1. The lowest BCUT2D eigenvalue weighted by atomic mass is 10.0. The first-order chi connectivity index (χ1) is 15.0. The van der Waals surface area contributed by atoms with Crippen molar-refractivity contribution >= 4 is 29.2 Å². The van der Waals surface area contributed by atoms with Gasteiger partial charge in [-0.05, 0) is 61.7 Å². The number of hydrogen-bond donors (Lipinski definition) is 0. The van der Waals surface area contributed by atoms with Crippen LogP contribution in [0.1, 0.15) is 52.9 Å². The van der Waals surface area contributed by atoms with Gasteiger partial charge in [-0.1, -0.05) is 53.0 Å². The van der Waals surface area contributed by atoms with Crippen LogP contribution >= 0.6 is 23.2 Å². The predicted molar refractivity (Wildman–Crippen MR) is 121 cm³/mol. The molecule has 31 heavy (non-hydrogen) atoms. The third-order valence-corrected chi connectivity index (χ3v) is 5.89. The second-order valence-corrected chi connectivity index (χ2v) is 8.50. The van der Waals surface area contributed by atoms with Gasteiger partial charge in [-0.2, -0.15) is 0 Å². The Morgan fingerprint density at radius 3 is 2.71 bits per heavy atom. The Kier molecular flexibility index (Phi) is 6.65. The minimum Gasteiger partial charge on any atom is -0.454 e. The molecular weight excluding hydrogens is 433 g/mol. The number of aromatic nitrogens is 1. The molecule has 6 heteroatoms. The van der Waals surface area contributed by atoms with Crippen LogP contribution in [0.25, 0.3) is 11.3 Å². The second kappa shape index (κ2) is 9.60. The third-order valence-electron chi connectivity index (χ3n) is 5.34. The Balaban J connectivity index is 1.39. The van der Waals surface area contributed by atoms with Gasteiger partial charge in [-0.15, -0.1) is 0 Å². The van der Waals surface area contributed by atoms with Crippen molar-refractivity contribution in [3.05, 3.63) is 75.0 Å². The van der Waals surface area contributed by atoms with Gasteiger partial charge in [-0.25, -0.2) is 4.79 Å². The highest BCUT2D eigenvalue weighted by atomic mass is 35.5. The van der Waals surface area contributed by atoms with E-state index in [2.05, 4.69) is 17.0 Å². The third kappa shape index (κ3) is 5.31. The molecule has 3 aromatic rings. The van der Waals surface area contributed by atoms with Crippen molar-refractivity contribution in [1.29, 1.82) is 0 Å². The number of halogens is 2. The lowest BCUT2D eigenvalue weighted by Gasteiger charge is -2.05. The normalized spacial score (nSPS) is 13.6. The van der Waals surface area contributed by atoms with Gasteiger partial charge in [0, 0.05) is 28.1 Å². The van der Waals surface area contributed by atoms with Crippen LogP contribution in [0.3, 0.4) is 0 Å². The van der Waals surface area contributed by atoms with Crippen molar-refractivity contribution in [3.8, 4) is 23.1 Å². The quantitative estimate of drug-likeness (QED) is 0.319. The van der Waals surface area contributed by atoms with E-state index >= 15 is 0 Å². The van der Waals surface area contributed by atoms with Crippen LogP contribution in [0, 0.1) is 24.7 Å². The first-order valence-electron chi connectivity index (χ1n) is 10.2. The van der Waals surface area contributed by atoms with Crippen LogP contribution in [0.5, 0.6) is 0 Å². The molecule has 1 aliphatic carbocycles. The molecule has 0 saturated heterocycles. The van der Waals surface area contributed by atoms with E-state index < -0.39 is 5.97 Å². The summed E-state index contributed by atoms with van der Waals surface area (Å²) in [5.74, 6) is 7.11. The van der Waals surface area contributed by atoms with Crippen LogP contribution in [0.4, 0.5) is 0 Å². The lowest BCUT2D eigenvalue weighted by molar-refractivity contribution is 0.0437. The van der Waals surface area contributed by atoms with Crippen molar-refractivity contribution in [2.24, 2.45) is 5.92 Å². The van der Waals surface area contributed by atoms with E-state index in [1.807, 2.05) is 13.0 Å². The van der Waals surface area contributed by atoms with Gasteiger partial charge in [-0.3, -0.25) is 0 Å². The zero-order valence-electron chi connectivity index (χ0n) is 17.1.